The number of carbonyl (C=O) groups is 2. The van der Waals surface area contributed by atoms with Crippen molar-refractivity contribution in [2.75, 3.05) is 13.2 Å². The van der Waals surface area contributed by atoms with E-state index in [-0.39, 0.29) is 13.0 Å². The van der Waals surface area contributed by atoms with E-state index in [4.69, 9.17) is 20.4 Å². The van der Waals surface area contributed by atoms with Crippen LogP contribution in [0.1, 0.15) is 78.1 Å². The number of esters is 2. The van der Waals surface area contributed by atoms with E-state index in [2.05, 4.69) is 11.7 Å². The summed E-state index contributed by atoms with van der Waals surface area (Å²) >= 11 is 0. The molecule has 2 unspecified atom stereocenters. The summed E-state index contributed by atoms with van der Waals surface area (Å²) in [6.07, 6.45) is 8.29. The predicted molar refractivity (Wildman–Crippen MR) is 94.8 cm³/mol. The van der Waals surface area contributed by atoms with Crippen LogP contribution in [-0.2, 0) is 14.3 Å². The van der Waals surface area contributed by atoms with Crippen LogP contribution < -0.4 is 0 Å². The second-order valence-corrected chi connectivity index (χ2v) is 6.10. The highest BCUT2D eigenvalue weighted by molar-refractivity contribution is 5.87. The number of aliphatic hydroxyl groups excluding tert-OH is 4. The molecule has 0 radical (unpaired) electrons. The van der Waals surface area contributed by atoms with Gasteiger partial charge in [-0.15, -0.1) is 0 Å². The quantitative estimate of drug-likeness (QED) is 0.223. The summed E-state index contributed by atoms with van der Waals surface area (Å²) in [6.45, 7) is 2.85. The number of rotatable bonds is 13. The van der Waals surface area contributed by atoms with Gasteiger partial charge in [-0.3, -0.25) is 4.79 Å². The van der Waals surface area contributed by atoms with Crippen LogP contribution in [0.25, 0.3) is 0 Å². The lowest BCUT2D eigenvalue weighted by molar-refractivity contribution is -0.167. The molecular weight excluding hydrogens is 328 g/mol. The van der Waals surface area contributed by atoms with Crippen molar-refractivity contribution in [1.82, 2.24) is 0 Å². The first kappa shape index (κ1) is 26.2. The SMILES string of the molecule is CC(O)CO.CCCCCCCCCCCC(=O)OC(=O)C(O)CO. The van der Waals surface area contributed by atoms with Crippen LogP contribution in [0.15, 0.2) is 0 Å². The topological polar surface area (TPSA) is 124 Å². The van der Waals surface area contributed by atoms with Gasteiger partial charge in [0.1, 0.15) is 0 Å². The number of unbranched alkanes of at least 4 members (excludes halogenated alkanes) is 8. The molecule has 150 valence electrons. The Balaban J connectivity index is 0. The van der Waals surface area contributed by atoms with Crippen molar-refractivity contribution in [3.05, 3.63) is 0 Å². The predicted octanol–water partition coefficient (Wildman–Crippen LogP) is 1.69. The van der Waals surface area contributed by atoms with Gasteiger partial charge in [0, 0.05) is 6.42 Å². The summed E-state index contributed by atoms with van der Waals surface area (Å²) in [5.74, 6) is -1.71. The van der Waals surface area contributed by atoms with E-state index in [1.165, 1.54) is 45.4 Å². The third-order valence-corrected chi connectivity index (χ3v) is 3.41. The van der Waals surface area contributed by atoms with E-state index < -0.39 is 30.8 Å². The van der Waals surface area contributed by atoms with Crippen molar-refractivity contribution in [2.45, 2.75) is 90.3 Å². The van der Waals surface area contributed by atoms with E-state index in [9.17, 15) is 9.59 Å². The standard InChI is InChI=1S/C15H28O5.C3H8O2/c1-2-3-4-5-6-7-8-9-10-11-14(18)20-15(19)13(17)12-16;1-3(5)2-4/h13,16-17H,2-12H2,1H3;3-5H,2H2,1H3. The van der Waals surface area contributed by atoms with Crippen LogP contribution in [0, 0.1) is 0 Å². The fourth-order valence-electron chi connectivity index (χ4n) is 1.89. The first-order valence-electron chi connectivity index (χ1n) is 9.21. The smallest absolute Gasteiger partial charge is 0.345 e. The molecule has 0 fully saturated rings. The van der Waals surface area contributed by atoms with Gasteiger partial charge in [-0.05, 0) is 13.3 Å². The Kier molecular flexibility index (Phi) is 20.2. The van der Waals surface area contributed by atoms with Gasteiger partial charge in [-0.1, -0.05) is 58.3 Å². The van der Waals surface area contributed by atoms with E-state index in [0.29, 0.717) is 6.42 Å². The number of ether oxygens (including phenoxy) is 1. The lowest BCUT2D eigenvalue weighted by Crippen LogP contribution is -2.28. The minimum atomic E-state index is -1.62. The lowest BCUT2D eigenvalue weighted by Gasteiger charge is -2.06. The zero-order chi connectivity index (χ0) is 19.5. The third-order valence-electron chi connectivity index (χ3n) is 3.41. The van der Waals surface area contributed by atoms with Crippen molar-refractivity contribution < 1.29 is 34.8 Å². The van der Waals surface area contributed by atoms with Crippen molar-refractivity contribution >= 4 is 11.9 Å². The van der Waals surface area contributed by atoms with E-state index >= 15 is 0 Å². The average Bonchev–Trinajstić information content (AvgIpc) is 2.59. The maximum Gasteiger partial charge on any atom is 0.345 e. The van der Waals surface area contributed by atoms with Gasteiger partial charge >= 0.3 is 11.9 Å². The van der Waals surface area contributed by atoms with Crippen LogP contribution >= 0.6 is 0 Å². The fourth-order valence-corrected chi connectivity index (χ4v) is 1.89. The molecule has 2 atom stereocenters. The van der Waals surface area contributed by atoms with E-state index in [1.807, 2.05) is 0 Å². The molecule has 0 aromatic rings. The summed E-state index contributed by atoms with van der Waals surface area (Å²) in [7, 11) is 0. The molecule has 0 aliphatic carbocycles. The molecule has 25 heavy (non-hydrogen) atoms. The van der Waals surface area contributed by atoms with Crippen molar-refractivity contribution in [3.63, 3.8) is 0 Å². The molecule has 0 rings (SSSR count). The molecule has 4 N–H and O–H groups in total. The maximum atomic E-state index is 11.2. The molecule has 0 saturated carbocycles. The Morgan fingerprint density at radius 2 is 1.28 bits per heavy atom. The van der Waals surface area contributed by atoms with Crippen LogP contribution in [0.4, 0.5) is 0 Å². The molecule has 0 aromatic carbocycles. The molecule has 0 amide bonds. The normalized spacial score (nSPS) is 12.7. The summed E-state index contributed by atoms with van der Waals surface area (Å²) in [5.41, 5.74) is 0. The zero-order valence-electron chi connectivity index (χ0n) is 15.7. The van der Waals surface area contributed by atoms with Gasteiger partial charge in [0.2, 0.25) is 0 Å². The Morgan fingerprint density at radius 1 is 0.840 bits per heavy atom. The molecule has 7 heteroatoms. The summed E-state index contributed by atoms with van der Waals surface area (Å²) in [4.78, 5) is 22.2. The number of hydrogen-bond acceptors (Lipinski definition) is 7. The summed E-state index contributed by atoms with van der Waals surface area (Å²) in [6, 6.07) is 0. The molecule has 0 spiro atoms. The molecule has 0 aromatic heterocycles. The van der Waals surface area contributed by atoms with Crippen LogP contribution in [-0.4, -0.2) is 57.8 Å². The van der Waals surface area contributed by atoms with E-state index in [0.717, 1.165) is 12.8 Å². The summed E-state index contributed by atoms with van der Waals surface area (Å²) in [5, 5.41) is 33.4. The molecule has 0 heterocycles. The third kappa shape index (κ3) is 20.9. The second-order valence-electron chi connectivity index (χ2n) is 6.10. The van der Waals surface area contributed by atoms with Crippen LogP contribution in [0.5, 0.6) is 0 Å². The van der Waals surface area contributed by atoms with Gasteiger partial charge in [-0.2, -0.15) is 0 Å². The second kappa shape index (κ2) is 19.3. The number of hydrogen-bond donors (Lipinski definition) is 4. The highest BCUT2D eigenvalue weighted by atomic mass is 16.6. The van der Waals surface area contributed by atoms with Gasteiger partial charge < -0.3 is 25.2 Å². The first-order valence-corrected chi connectivity index (χ1v) is 9.21. The van der Waals surface area contributed by atoms with Crippen molar-refractivity contribution in [3.8, 4) is 0 Å². The average molecular weight is 364 g/mol. The zero-order valence-corrected chi connectivity index (χ0v) is 15.7. The minimum absolute atomic E-state index is 0.139. The van der Waals surface area contributed by atoms with E-state index in [1.54, 1.807) is 0 Å². The molecular formula is C18H36O7. The van der Waals surface area contributed by atoms with Gasteiger partial charge in [0.15, 0.2) is 6.10 Å². The van der Waals surface area contributed by atoms with Gasteiger partial charge in [0.25, 0.3) is 0 Å². The molecule has 0 aliphatic heterocycles. The Bertz CT molecular complexity index is 319. The Labute approximate surface area is 151 Å². The molecule has 0 saturated heterocycles. The molecule has 7 nitrogen and oxygen atoms in total. The molecule has 0 aliphatic rings. The largest absolute Gasteiger partial charge is 0.394 e. The summed E-state index contributed by atoms with van der Waals surface area (Å²) < 4.78 is 4.39. The van der Waals surface area contributed by atoms with Crippen LogP contribution in [0.3, 0.4) is 0 Å². The highest BCUT2D eigenvalue weighted by Crippen LogP contribution is 2.10. The maximum absolute atomic E-state index is 11.2. The van der Waals surface area contributed by atoms with Crippen LogP contribution in [0.2, 0.25) is 0 Å². The highest BCUT2D eigenvalue weighted by Gasteiger charge is 2.18. The van der Waals surface area contributed by atoms with Crippen molar-refractivity contribution in [2.24, 2.45) is 0 Å². The number of aliphatic hydroxyl groups is 4. The van der Waals surface area contributed by atoms with Gasteiger partial charge in [0.05, 0.1) is 19.3 Å². The fraction of sp³-hybridized carbons (Fsp3) is 0.889. The van der Waals surface area contributed by atoms with Crippen molar-refractivity contribution in [1.29, 1.82) is 0 Å². The molecule has 0 bridgehead atoms. The monoisotopic (exact) mass is 364 g/mol. The Morgan fingerprint density at radius 3 is 1.68 bits per heavy atom. The van der Waals surface area contributed by atoms with Gasteiger partial charge in [-0.25, -0.2) is 4.79 Å². The lowest BCUT2D eigenvalue weighted by atomic mass is 10.1. The first-order chi connectivity index (χ1) is 11.9. The minimum Gasteiger partial charge on any atom is -0.394 e. The number of carbonyl (C=O) groups excluding carboxylic acids is 2. The Hall–Kier alpha value is -1.02.